The van der Waals surface area contributed by atoms with Gasteiger partial charge >= 0.3 is 5.97 Å². The zero-order valence-electron chi connectivity index (χ0n) is 14.0. The fourth-order valence-corrected chi connectivity index (χ4v) is 2.63. The molecular formula is C18H24N2O4. The van der Waals surface area contributed by atoms with Crippen LogP contribution in [0, 0.1) is 0 Å². The molecule has 6 nitrogen and oxygen atoms in total. The van der Waals surface area contributed by atoms with Gasteiger partial charge < -0.3 is 15.4 Å². The molecule has 0 heterocycles. The van der Waals surface area contributed by atoms with Gasteiger partial charge in [-0.15, -0.1) is 0 Å². The van der Waals surface area contributed by atoms with E-state index in [0.717, 1.165) is 25.7 Å². The quantitative estimate of drug-likeness (QED) is 0.739. The lowest BCUT2D eigenvalue weighted by Gasteiger charge is -2.16. The van der Waals surface area contributed by atoms with E-state index in [-0.39, 0.29) is 12.5 Å². The Bertz CT molecular complexity index is 613. The van der Waals surface area contributed by atoms with Gasteiger partial charge in [0, 0.05) is 6.54 Å². The first kappa shape index (κ1) is 18.0. The first-order valence-corrected chi connectivity index (χ1v) is 8.42. The van der Waals surface area contributed by atoms with Crippen LogP contribution in [-0.2, 0) is 27.2 Å². The molecule has 0 saturated carbocycles. The molecule has 1 aliphatic carbocycles. The van der Waals surface area contributed by atoms with Gasteiger partial charge in [0.1, 0.15) is 0 Å². The second-order valence-corrected chi connectivity index (χ2v) is 5.89. The molecule has 0 fully saturated rings. The van der Waals surface area contributed by atoms with E-state index in [1.165, 1.54) is 17.5 Å². The van der Waals surface area contributed by atoms with Crippen LogP contribution in [0.3, 0.4) is 0 Å². The molecule has 0 bridgehead atoms. The Morgan fingerprint density at radius 3 is 2.54 bits per heavy atom. The molecule has 2 N–H and O–H groups in total. The van der Waals surface area contributed by atoms with Crippen molar-refractivity contribution in [2.75, 3.05) is 19.7 Å². The zero-order chi connectivity index (χ0) is 17.4. The van der Waals surface area contributed by atoms with E-state index in [0.29, 0.717) is 12.1 Å². The van der Waals surface area contributed by atoms with Crippen LogP contribution in [0.4, 0.5) is 0 Å². The summed E-state index contributed by atoms with van der Waals surface area (Å²) >= 11 is 0. The Hall–Kier alpha value is -2.37. The van der Waals surface area contributed by atoms with E-state index in [4.69, 9.17) is 4.74 Å². The maximum absolute atomic E-state index is 12.0. The number of esters is 1. The van der Waals surface area contributed by atoms with Crippen molar-refractivity contribution in [1.82, 2.24) is 10.6 Å². The third-order valence-corrected chi connectivity index (χ3v) is 3.94. The van der Waals surface area contributed by atoms with Gasteiger partial charge in [-0.05, 0) is 55.4 Å². The molecule has 0 aliphatic heterocycles. The number of hydrogen-bond acceptors (Lipinski definition) is 4. The normalized spacial score (nSPS) is 12.9. The smallest absolute Gasteiger partial charge is 0.338 e. The number of hydrogen-bond donors (Lipinski definition) is 2. The molecule has 0 saturated heterocycles. The molecule has 0 aromatic heterocycles. The Labute approximate surface area is 142 Å². The van der Waals surface area contributed by atoms with Crippen LogP contribution >= 0.6 is 0 Å². The molecule has 0 radical (unpaired) electrons. The molecule has 2 amide bonds. The van der Waals surface area contributed by atoms with Crippen molar-refractivity contribution in [3.63, 3.8) is 0 Å². The highest BCUT2D eigenvalue weighted by Gasteiger charge is 2.15. The molecule has 1 aromatic carbocycles. The van der Waals surface area contributed by atoms with E-state index < -0.39 is 18.5 Å². The third-order valence-electron chi connectivity index (χ3n) is 3.94. The predicted molar refractivity (Wildman–Crippen MR) is 89.7 cm³/mol. The molecule has 2 rings (SSSR count). The SMILES string of the molecule is CCCNC(=O)CNC(=O)COC(=O)c1ccc2c(c1)CCCC2. The van der Waals surface area contributed by atoms with E-state index in [1.807, 2.05) is 19.1 Å². The first-order chi connectivity index (χ1) is 11.6. The minimum absolute atomic E-state index is 0.116. The second kappa shape index (κ2) is 9.05. The van der Waals surface area contributed by atoms with Crippen LogP contribution in [0.5, 0.6) is 0 Å². The number of rotatable bonds is 7. The highest BCUT2D eigenvalue weighted by Crippen LogP contribution is 2.22. The number of carbonyl (C=O) groups excluding carboxylic acids is 3. The average Bonchev–Trinajstić information content (AvgIpc) is 2.62. The molecule has 0 atom stereocenters. The zero-order valence-corrected chi connectivity index (χ0v) is 14.0. The summed E-state index contributed by atoms with van der Waals surface area (Å²) in [6, 6.07) is 5.55. The lowest BCUT2D eigenvalue weighted by Crippen LogP contribution is -2.38. The number of benzene rings is 1. The number of fused-ring (bicyclic) bond motifs is 1. The summed E-state index contributed by atoms with van der Waals surface area (Å²) < 4.78 is 5.01. The van der Waals surface area contributed by atoms with Crippen molar-refractivity contribution in [1.29, 1.82) is 0 Å². The summed E-state index contributed by atoms with van der Waals surface area (Å²) in [6.45, 7) is 2.01. The summed E-state index contributed by atoms with van der Waals surface area (Å²) in [5.41, 5.74) is 2.94. The molecule has 24 heavy (non-hydrogen) atoms. The summed E-state index contributed by atoms with van der Waals surface area (Å²) in [7, 11) is 0. The van der Waals surface area contributed by atoms with Crippen LogP contribution in [0.1, 0.15) is 47.7 Å². The van der Waals surface area contributed by atoms with Crippen molar-refractivity contribution in [2.24, 2.45) is 0 Å². The summed E-state index contributed by atoms with van der Waals surface area (Å²) in [5, 5.41) is 5.07. The van der Waals surface area contributed by atoms with Gasteiger partial charge in [0.2, 0.25) is 5.91 Å². The molecule has 1 aromatic rings. The van der Waals surface area contributed by atoms with Crippen LogP contribution in [0.2, 0.25) is 0 Å². The Kier molecular flexibility index (Phi) is 6.78. The minimum atomic E-state index is -0.519. The van der Waals surface area contributed by atoms with Crippen molar-refractivity contribution in [3.8, 4) is 0 Å². The molecule has 0 unspecified atom stereocenters. The average molecular weight is 332 g/mol. The fraction of sp³-hybridized carbons (Fsp3) is 0.500. The number of aryl methyl sites for hydroxylation is 2. The van der Waals surface area contributed by atoms with Crippen LogP contribution in [0.25, 0.3) is 0 Å². The Balaban J connectivity index is 1.76. The van der Waals surface area contributed by atoms with Gasteiger partial charge in [-0.2, -0.15) is 0 Å². The largest absolute Gasteiger partial charge is 0.452 e. The molecule has 0 spiro atoms. The number of carbonyl (C=O) groups is 3. The number of ether oxygens (including phenoxy) is 1. The highest BCUT2D eigenvalue weighted by atomic mass is 16.5. The molecule has 130 valence electrons. The van der Waals surface area contributed by atoms with Gasteiger partial charge in [0.05, 0.1) is 12.1 Å². The monoisotopic (exact) mass is 332 g/mol. The minimum Gasteiger partial charge on any atom is -0.452 e. The lowest BCUT2D eigenvalue weighted by molar-refractivity contribution is -0.127. The number of nitrogens with one attached hydrogen (secondary N) is 2. The molecule has 6 heteroatoms. The van der Waals surface area contributed by atoms with Crippen LogP contribution < -0.4 is 10.6 Å². The summed E-state index contributed by atoms with van der Waals surface area (Å²) in [5.74, 6) is -1.27. The lowest BCUT2D eigenvalue weighted by atomic mass is 9.90. The Morgan fingerprint density at radius 1 is 1.04 bits per heavy atom. The maximum atomic E-state index is 12.0. The van der Waals surface area contributed by atoms with Gasteiger partial charge in [-0.3, -0.25) is 9.59 Å². The molecular weight excluding hydrogens is 308 g/mol. The van der Waals surface area contributed by atoms with Gasteiger partial charge in [0.15, 0.2) is 6.61 Å². The summed E-state index contributed by atoms with van der Waals surface area (Å²) in [4.78, 5) is 35.0. The van der Waals surface area contributed by atoms with Crippen LogP contribution in [0.15, 0.2) is 18.2 Å². The van der Waals surface area contributed by atoms with E-state index >= 15 is 0 Å². The Morgan fingerprint density at radius 2 is 1.79 bits per heavy atom. The fourth-order valence-electron chi connectivity index (χ4n) is 2.63. The van der Waals surface area contributed by atoms with Gasteiger partial charge in [-0.1, -0.05) is 13.0 Å². The van der Waals surface area contributed by atoms with Crippen molar-refractivity contribution < 1.29 is 19.1 Å². The van der Waals surface area contributed by atoms with Crippen molar-refractivity contribution in [3.05, 3.63) is 34.9 Å². The highest BCUT2D eigenvalue weighted by molar-refractivity contribution is 5.92. The van der Waals surface area contributed by atoms with E-state index in [9.17, 15) is 14.4 Å². The van der Waals surface area contributed by atoms with E-state index in [2.05, 4.69) is 10.6 Å². The topological polar surface area (TPSA) is 84.5 Å². The van der Waals surface area contributed by atoms with Gasteiger partial charge in [0.25, 0.3) is 5.91 Å². The van der Waals surface area contributed by atoms with Crippen molar-refractivity contribution >= 4 is 17.8 Å². The van der Waals surface area contributed by atoms with Crippen LogP contribution in [-0.4, -0.2) is 37.5 Å². The van der Waals surface area contributed by atoms with Crippen molar-refractivity contribution in [2.45, 2.75) is 39.0 Å². The molecule has 1 aliphatic rings. The van der Waals surface area contributed by atoms with E-state index in [1.54, 1.807) is 6.07 Å². The second-order valence-electron chi connectivity index (χ2n) is 5.89. The predicted octanol–water partition coefficient (Wildman–Crippen LogP) is 1.36. The third kappa shape index (κ3) is 5.37. The number of amides is 2. The maximum Gasteiger partial charge on any atom is 0.338 e. The summed E-state index contributed by atoms with van der Waals surface area (Å²) in [6.07, 6.45) is 5.17. The van der Waals surface area contributed by atoms with Gasteiger partial charge in [-0.25, -0.2) is 4.79 Å². The first-order valence-electron chi connectivity index (χ1n) is 8.42. The standard InChI is InChI=1S/C18H24N2O4/c1-2-9-19-16(21)11-20-17(22)12-24-18(23)15-8-7-13-5-3-4-6-14(13)10-15/h7-8,10H,2-6,9,11-12H2,1H3,(H,19,21)(H,20,22).